The molecule has 0 unspecified atom stereocenters. The molecule has 2 aromatic rings. The van der Waals surface area contributed by atoms with Crippen molar-refractivity contribution < 1.29 is 9.59 Å². The van der Waals surface area contributed by atoms with Gasteiger partial charge in [-0.05, 0) is 32.0 Å². The highest BCUT2D eigenvalue weighted by Gasteiger charge is 2.26. The van der Waals surface area contributed by atoms with Crippen LogP contribution in [0.15, 0.2) is 18.2 Å². The molecule has 0 bridgehead atoms. The second-order valence-electron chi connectivity index (χ2n) is 6.79. The van der Waals surface area contributed by atoms with E-state index in [1.807, 2.05) is 24.8 Å². The standard InChI is InChI=1S/C18H22Cl2N4O2/c1-11(2)21-15(25)10-23-5-7-24(8-6-23)18(26)17-16(20)13-9-12(19)3-4-14(13)22-17/h3-4,9,11,22H,5-8,10H2,1-2H3,(H,21,25). The largest absolute Gasteiger partial charge is 0.353 e. The average Bonchev–Trinajstić information content (AvgIpc) is 2.90. The monoisotopic (exact) mass is 396 g/mol. The molecule has 0 spiro atoms. The topological polar surface area (TPSA) is 68.4 Å². The zero-order valence-electron chi connectivity index (χ0n) is 14.8. The molecule has 2 heterocycles. The summed E-state index contributed by atoms with van der Waals surface area (Å²) in [5, 5.41) is 4.59. The summed E-state index contributed by atoms with van der Waals surface area (Å²) in [6.07, 6.45) is 0. The molecule has 0 aliphatic carbocycles. The lowest BCUT2D eigenvalue weighted by molar-refractivity contribution is -0.123. The second kappa shape index (κ2) is 7.86. The molecular weight excluding hydrogens is 375 g/mol. The lowest BCUT2D eigenvalue weighted by Gasteiger charge is -2.34. The fraction of sp³-hybridized carbons (Fsp3) is 0.444. The van der Waals surface area contributed by atoms with Crippen LogP contribution in [0.2, 0.25) is 10.0 Å². The molecule has 1 fully saturated rings. The van der Waals surface area contributed by atoms with Gasteiger partial charge in [0.1, 0.15) is 5.69 Å². The Kier molecular flexibility index (Phi) is 5.75. The fourth-order valence-electron chi connectivity index (χ4n) is 3.12. The molecular formula is C18H22Cl2N4O2. The maximum atomic E-state index is 12.8. The number of amides is 2. The molecule has 1 aliphatic rings. The van der Waals surface area contributed by atoms with Crippen LogP contribution in [0, 0.1) is 0 Å². The number of carbonyl (C=O) groups excluding carboxylic acids is 2. The number of hydrogen-bond acceptors (Lipinski definition) is 3. The molecule has 1 aromatic heterocycles. The van der Waals surface area contributed by atoms with Gasteiger partial charge in [-0.15, -0.1) is 0 Å². The molecule has 2 amide bonds. The van der Waals surface area contributed by atoms with Crippen LogP contribution in [-0.2, 0) is 4.79 Å². The molecule has 26 heavy (non-hydrogen) atoms. The molecule has 1 aromatic carbocycles. The third-order valence-electron chi connectivity index (χ3n) is 4.39. The lowest BCUT2D eigenvalue weighted by atomic mass is 10.2. The van der Waals surface area contributed by atoms with Crippen molar-refractivity contribution in [1.29, 1.82) is 0 Å². The predicted octanol–water partition coefficient (Wildman–Crippen LogP) is 2.76. The predicted molar refractivity (Wildman–Crippen MR) is 104 cm³/mol. The Morgan fingerprint density at radius 3 is 2.54 bits per heavy atom. The highest BCUT2D eigenvalue weighted by Crippen LogP contribution is 2.30. The van der Waals surface area contributed by atoms with Gasteiger partial charge in [-0.1, -0.05) is 23.2 Å². The van der Waals surface area contributed by atoms with Gasteiger partial charge in [-0.3, -0.25) is 14.5 Å². The summed E-state index contributed by atoms with van der Waals surface area (Å²) in [7, 11) is 0. The number of aromatic nitrogens is 1. The molecule has 1 saturated heterocycles. The van der Waals surface area contributed by atoms with Crippen molar-refractivity contribution in [3.8, 4) is 0 Å². The van der Waals surface area contributed by atoms with Crippen LogP contribution in [0.3, 0.4) is 0 Å². The summed E-state index contributed by atoms with van der Waals surface area (Å²) in [6.45, 7) is 6.64. The number of fused-ring (bicyclic) bond motifs is 1. The van der Waals surface area contributed by atoms with E-state index in [-0.39, 0.29) is 17.9 Å². The number of nitrogens with zero attached hydrogens (tertiary/aromatic N) is 2. The Bertz CT molecular complexity index is 826. The van der Waals surface area contributed by atoms with Gasteiger partial charge in [0.05, 0.1) is 11.6 Å². The number of benzene rings is 1. The van der Waals surface area contributed by atoms with Crippen molar-refractivity contribution in [2.24, 2.45) is 0 Å². The Balaban J connectivity index is 1.64. The van der Waals surface area contributed by atoms with E-state index in [2.05, 4.69) is 10.3 Å². The summed E-state index contributed by atoms with van der Waals surface area (Å²) in [4.78, 5) is 31.6. The van der Waals surface area contributed by atoms with Crippen LogP contribution in [0.5, 0.6) is 0 Å². The van der Waals surface area contributed by atoms with Crippen molar-refractivity contribution in [3.63, 3.8) is 0 Å². The molecule has 1 aliphatic heterocycles. The zero-order valence-corrected chi connectivity index (χ0v) is 16.3. The van der Waals surface area contributed by atoms with E-state index in [9.17, 15) is 9.59 Å². The molecule has 2 N–H and O–H groups in total. The Morgan fingerprint density at radius 1 is 1.19 bits per heavy atom. The summed E-state index contributed by atoms with van der Waals surface area (Å²) < 4.78 is 0. The number of aromatic amines is 1. The van der Waals surface area contributed by atoms with Crippen molar-refractivity contribution in [2.45, 2.75) is 19.9 Å². The third-order valence-corrected chi connectivity index (χ3v) is 5.02. The van der Waals surface area contributed by atoms with Gasteiger partial charge in [0.15, 0.2) is 0 Å². The second-order valence-corrected chi connectivity index (χ2v) is 7.61. The molecule has 140 valence electrons. The summed E-state index contributed by atoms with van der Waals surface area (Å²) in [6, 6.07) is 5.44. The Labute approximate surface area is 162 Å². The van der Waals surface area contributed by atoms with Crippen LogP contribution >= 0.6 is 23.2 Å². The van der Waals surface area contributed by atoms with E-state index in [0.29, 0.717) is 48.5 Å². The van der Waals surface area contributed by atoms with Gasteiger partial charge in [0, 0.05) is 48.1 Å². The highest BCUT2D eigenvalue weighted by molar-refractivity contribution is 6.39. The maximum absolute atomic E-state index is 12.8. The van der Waals surface area contributed by atoms with Crippen LogP contribution in [0.1, 0.15) is 24.3 Å². The highest BCUT2D eigenvalue weighted by atomic mass is 35.5. The molecule has 6 nitrogen and oxygen atoms in total. The first-order valence-corrected chi connectivity index (χ1v) is 9.38. The average molecular weight is 397 g/mol. The van der Waals surface area contributed by atoms with Crippen LogP contribution < -0.4 is 5.32 Å². The number of hydrogen-bond donors (Lipinski definition) is 2. The number of nitrogens with one attached hydrogen (secondary N) is 2. The van der Waals surface area contributed by atoms with Crippen LogP contribution in [0.4, 0.5) is 0 Å². The van der Waals surface area contributed by atoms with E-state index in [0.717, 1.165) is 10.9 Å². The molecule has 0 radical (unpaired) electrons. The first-order chi connectivity index (χ1) is 12.3. The smallest absolute Gasteiger partial charge is 0.271 e. The Morgan fingerprint density at radius 2 is 1.88 bits per heavy atom. The van der Waals surface area contributed by atoms with Gasteiger partial charge < -0.3 is 15.2 Å². The summed E-state index contributed by atoms with van der Waals surface area (Å²) in [5.41, 5.74) is 1.17. The van der Waals surface area contributed by atoms with Crippen LogP contribution in [0.25, 0.3) is 10.9 Å². The van der Waals surface area contributed by atoms with Gasteiger partial charge in [-0.2, -0.15) is 0 Å². The fourth-order valence-corrected chi connectivity index (χ4v) is 3.57. The van der Waals surface area contributed by atoms with Gasteiger partial charge in [0.25, 0.3) is 5.91 Å². The van der Waals surface area contributed by atoms with Crippen molar-refractivity contribution in [2.75, 3.05) is 32.7 Å². The minimum Gasteiger partial charge on any atom is -0.353 e. The molecule has 3 rings (SSSR count). The number of carbonyl (C=O) groups is 2. The quantitative estimate of drug-likeness (QED) is 0.834. The van der Waals surface area contributed by atoms with Gasteiger partial charge >= 0.3 is 0 Å². The number of H-pyrrole nitrogens is 1. The summed E-state index contributed by atoms with van der Waals surface area (Å²) in [5.74, 6) is -0.121. The zero-order chi connectivity index (χ0) is 18.8. The lowest BCUT2D eigenvalue weighted by Crippen LogP contribution is -2.51. The van der Waals surface area contributed by atoms with Crippen molar-refractivity contribution in [3.05, 3.63) is 33.9 Å². The first kappa shape index (κ1) is 19.0. The molecule has 0 saturated carbocycles. The van der Waals surface area contributed by atoms with Crippen molar-refractivity contribution in [1.82, 2.24) is 20.1 Å². The number of rotatable bonds is 4. The van der Waals surface area contributed by atoms with Gasteiger partial charge in [0.2, 0.25) is 5.91 Å². The minimum absolute atomic E-state index is 0.00955. The number of piperazine rings is 1. The van der Waals surface area contributed by atoms with E-state index in [1.165, 1.54) is 0 Å². The normalized spacial score (nSPS) is 15.7. The molecule has 0 atom stereocenters. The molecule has 8 heteroatoms. The minimum atomic E-state index is -0.131. The first-order valence-electron chi connectivity index (χ1n) is 8.63. The SMILES string of the molecule is CC(C)NC(=O)CN1CCN(C(=O)c2[nH]c3ccc(Cl)cc3c2Cl)CC1. The van der Waals surface area contributed by atoms with Crippen molar-refractivity contribution >= 4 is 45.9 Å². The Hall–Kier alpha value is -1.76. The van der Waals surface area contributed by atoms with E-state index in [4.69, 9.17) is 23.2 Å². The number of halogens is 2. The third kappa shape index (κ3) is 4.14. The van der Waals surface area contributed by atoms with E-state index < -0.39 is 0 Å². The van der Waals surface area contributed by atoms with Crippen LogP contribution in [-0.4, -0.2) is 65.4 Å². The van der Waals surface area contributed by atoms with Gasteiger partial charge in [-0.25, -0.2) is 0 Å². The van der Waals surface area contributed by atoms with E-state index >= 15 is 0 Å². The van der Waals surface area contributed by atoms with E-state index in [1.54, 1.807) is 17.0 Å². The summed E-state index contributed by atoms with van der Waals surface area (Å²) >= 11 is 12.4. The maximum Gasteiger partial charge on any atom is 0.271 e.